The van der Waals surface area contributed by atoms with Gasteiger partial charge in [-0.05, 0) is 24.8 Å². The van der Waals surface area contributed by atoms with Crippen molar-refractivity contribution in [2.45, 2.75) is 38.1 Å². The van der Waals surface area contributed by atoms with E-state index in [1.54, 1.807) is 12.4 Å². The van der Waals surface area contributed by atoms with Gasteiger partial charge in [-0.25, -0.2) is 9.97 Å². The summed E-state index contributed by atoms with van der Waals surface area (Å²) >= 11 is 0. The van der Waals surface area contributed by atoms with Crippen molar-refractivity contribution < 1.29 is 1.41 Å². The van der Waals surface area contributed by atoms with Crippen LogP contribution in [0, 0.1) is 17.2 Å². The van der Waals surface area contributed by atoms with Gasteiger partial charge in [0.05, 0.1) is 30.4 Å². The monoisotopic (exact) mass is 307 g/mol. The molecule has 0 amide bonds. The SMILES string of the molecule is [2H]n1ccc2c(-c3cnn(C(CC#N)C4CCCC4)c3)ncnc21. The number of hydrogen-bond acceptors (Lipinski definition) is 4. The van der Waals surface area contributed by atoms with Gasteiger partial charge in [-0.2, -0.15) is 10.4 Å². The van der Waals surface area contributed by atoms with Gasteiger partial charge in [-0.1, -0.05) is 12.8 Å². The molecule has 0 spiro atoms. The zero-order valence-electron chi connectivity index (χ0n) is 13.8. The number of nitriles is 1. The molecule has 0 bridgehead atoms. The largest absolute Gasteiger partial charge is 0.346 e. The highest BCUT2D eigenvalue weighted by molar-refractivity contribution is 5.89. The Labute approximate surface area is 135 Å². The van der Waals surface area contributed by atoms with Crippen molar-refractivity contribution in [1.29, 1.82) is 5.26 Å². The Morgan fingerprint density at radius 3 is 3.13 bits per heavy atom. The number of aromatic amines is 1. The molecule has 6 heteroatoms. The lowest BCUT2D eigenvalue weighted by Gasteiger charge is -2.21. The third kappa shape index (κ3) is 2.48. The molecule has 0 radical (unpaired) electrons. The van der Waals surface area contributed by atoms with Gasteiger partial charge in [0.1, 0.15) is 12.0 Å². The van der Waals surface area contributed by atoms with Crippen LogP contribution < -0.4 is 0 Å². The molecule has 1 aliphatic rings. The second-order valence-electron chi connectivity index (χ2n) is 6.09. The van der Waals surface area contributed by atoms with Gasteiger partial charge in [0.15, 0.2) is 1.41 Å². The lowest BCUT2D eigenvalue weighted by molar-refractivity contribution is 0.315. The van der Waals surface area contributed by atoms with Gasteiger partial charge in [0.2, 0.25) is 0 Å². The lowest BCUT2D eigenvalue weighted by Crippen LogP contribution is -2.17. The van der Waals surface area contributed by atoms with Crippen LogP contribution in [0.25, 0.3) is 22.3 Å². The van der Waals surface area contributed by atoms with Crippen LogP contribution in [0.2, 0.25) is 1.41 Å². The van der Waals surface area contributed by atoms with Crippen LogP contribution in [-0.2, 0) is 0 Å². The van der Waals surface area contributed by atoms with Gasteiger partial charge in [0.25, 0.3) is 0 Å². The van der Waals surface area contributed by atoms with Gasteiger partial charge < -0.3 is 4.98 Å². The summed E-state index contributed by atoms with van der Waals surface area (Å²) in [6, 6.07) is 4.29. The van der Waals surface area contributed by atoms with Crippen LogP contribution in [0.3, 0.4) is 0 Å². The molecular weight excluding hydrogens is 288 g/mol. The molecule has 1 unspecified atom stereocenters. The Morgan fingerprint density at radius 1 is 1.43 bits per heavy atom. The van der Waals surface area contributed by atoms with Crippen molar-refractivity contribution in [2.75, 3.05) is 0 Å². The van der Waals surface area contributed by atoms with E-state index in [1.165, 1.54) is 37.0 Å². The van der Waals surface area contributed by atoms with Crippen molar-refractivity contribution in [3.8, 4) is 17.3 Å². The van der Waals surface area contributed by atoms with Crippen LogP contribution >= 0.6 is 0 Å². The van der Waals surface area contributed by atoms with Crippen molar-refractivity contribution in [2.24, 2.45) is 5.92 Å². The highest BCUT2D eigenvalue weighted by Gasteiger charge is 2.27. The predicted octanol–water partition coefficient (Wildman–Crippen LogP) is 3.47. The molecule has 0 saturated heterocycles. The summed E-state index contributed by atoms with van der Waals surface area (Å²) in [5, 5.41) is 14.5. The summed E-state index contributed by atoms with van der Waals surface area (Å²) in [5.74, 6) is 0.525. The summed E-state index contributed by atoms with van der Waals surface area (Å²) in [7, 11) is 0. The molecule has 3 aromatic rings. The Balaban J connectivity index is 1.72. The summed E-state index contributed by atoms with van der Waals surface area (Å²) in [4.78, 5) is 9.77. The smallest absolute Gasteiger partial charge is 0.167 e. The average Bonchev–Trinajstić information content (AvgIpc) is 3.34. The highest BCUT2D eigenvalue weighted by atomic mass is 15.3. The first-order valence-corrected chi connectivity index (χ1v) is 8.00. The molecule has 1 saturated carbocycles. The van der Waals surface area contributed by atoms with Crippen LogP contribution in [0.5, 0.6) is 0 Å². The van der Waals surface area contributed by atoms with Crippen molar-refractivity contribution >= 4 is 11.0 Å². The van der Waals surface area contributed by atoms with Gasteiger partial charge in [-0.3, -0.25) is 4.68 Å². The molecule has 0 aromatic carbocycles. The molecule has 3 heterocycles. The molecule has 4 rings (SSSR count). The average molecular weight is 307 g/mol. The maximum atomic E-state index is 9.19. The van der Waals surface area contributed by atoms with E-state index >= 15 is 0 Å². The van der Waals surface area contributed by atoms with E-state index < -0.39 is 0 Å². The fourth-order valence-corrected chi connectivity index (χ4v) is 3.61. The van der Waals surface area contributed by atoms with Crippen molar-refractivity contribution in [3.63, 3.8) is 0 Å². The van der Waals surface area contributed by atoms with Crippen molar-refractivity contribution in [1.82, 2.24) is 24.7 Å². The van der Waals surface area contributed by atoms with Crippen LogP contribution in [-0.4, -0.2) is 24.7 Å². The van der Waals surface area contributed by atoms with E-state index in [0.29, 0.717) is 18.0 Å². The van der Waals surface area contributed by atoms with Gasteiger partial charge in [-0.15, -0.1) is 0 Å². The second-order valence-corrected chi connectivity index (χ2v) is 6.09. The molecule has 3 aromatic heterocycles. The molecule has 1 N–H and O–H groups in total. The molecule has 116 valence electrons. The Kier molecular flexibility index (Phi) is 3.26. The lowest BCUT2D eigenvalue weighted by atomic mass is 9.96. The van der Waals surface area contributed by atoms with E-state index in [4.69, 9.17) is 1.41 Å². The number of H-pyrrole nitrogens is 1. The minimum Gasteiger partial charge on any atom is -0.346 e. The fourth-order valence-electron chi connectivity index (χ4n) is 3.61. The fraction of sp³-hybridized carbons (Fsp3) is 0.412. The minimum atomic E-state index is 0.129. The van der Waals surface area contributed by atoms with Crippen LogP contribution in [0.15, 0.2) is 31.0 Å². The zero-order valence-corrected chi connectivity index (χ0v) is 12.8. The standard InChI is InChI=1S/C17H18N6/c18-7-5-15(12-3-1-2-4-12)23-10-13(9-22-23)16-14-6-8-19-17(14)21-11-20-16/h6,8-12,15H,1-5H2,(H,19,20,21)/i/hD. The van der Waals surface area contributed by atoms with E-state index in [9.17, 15) is 5.26 Å². The van der Waals surface area contributed by atoms with E-state index in [-0.39, 0.29) is 6.04 Å². The molecule has 0 aliphatic heterocycles. The number of nitrogens with one attached hydrogen (secondary N) is 1. The summed E-state index contributed by atoms with van der Waals surface area (Å²) in [6.45, 7) is 0. The van der Waals surface area contributed by atoms with E-state index in [1.807, 2.05) is 16.9 Å². The minimum absolute atomic E-state index is 0.129. The Bertz CT molecular complexity index is 899. The maximum Gasteiger partial charge on any atom is 0.167 e. The van der Waals surface area contributed by atoms with E-state index in [2.05, 4.69) is 21.1 Å². The van der Waals surface area contributed by atoms with Crippen LogP contribution in [0.1, 0.15) is 38.1 Å². The second kappa shape index (κ2) is 5.84. The topological polar surface area (TPSA) is 83.2 Å². The molecule has 1 atom stereocenters. The first-order chi connectivity index (χ1) is 11.8. The maximum absolute atomic E-state index is 9.19. The van der Waals surface area contributed by atoms with Gasteiger partial charge in [0, 0.05) is 23.3 Å². The predicted molar refractivity (Wildman–Crippen MR) is 86.3 cm³/mol. The highest BCUT2D eigenvalue weighted by Crippen LogP contribution is 2.36. The third-order valence-electron chi connectivity index (χ3n) is 4.76. The first kappa shape index (κ1) is 12.8. The molecular formula is C17H18N6. The quantitative estimate of drug-likeness (QED) is 0.800. The summed E-state index contributed by atoms with van der Waals surface area (Å²) in [6.07, 6.45) is 12.2. The summed E-state index contributed by atoms with van der Waals surface area (Å²) < 4.78 is 9.74. The van der Waals surface area contributed by atoms with E-state index in [0.717, 1.165) is 16.6 Å². The number of nitrogens with zero attached hydrogens (tertiary/aromatic N) is 5. The number of hydrogen-bond donors (Lipinski definition) is 1. The Morgan fingerprint density at radius 2 is 2.30 bits per heavy atom. The van der Waals surface area contributed by atoms with Crippen molar-refractivity contribution in [3.05, 3.63) is 31.0 Å². The molecule has 23 heavy (non-hydrogen) atoms. The molecule has 6 nitrogen and oxygen atoms in total. The summed E-state index contributed by atoms with van der Waals surface area (Å²) in [5.41, 5.74) is 2.26. The van der Waals surface area contributed by atoms with Crippen LogP contribution in [0.4, 0.5) is 0 Å². The normalized spacial score (nSPS) is 17.3. The first-order valence-electron chi connectivity index (χ1n) is 8.45. The zero-order chi connectivity index (χ0) is 16.5. The number of aromatic nitrogens is 5. The molecule has 1 aliphatic carbocycles. The number of rotatable bonds is 4. The molecule has 1 fully saturated rings. The third-order valence-corrected chi connectivity index (χ3v) is 4.76. The number of fused-ring (bicyclic) bond motifs is 1. The van der Waals surface area contributed by atoms with Gasteiger partial charge >= 0.3 is 0 Å². The Hall–Kier alpha value is -2.68.